The summed E-state index contributed by atoms with van der Waals surface area (Å²) in [5.74, 6) is -0.899. The van der Waals surface area contributed by atoms with Gasteiger partial charge in [-0.25, -0.2) is 4.79 Å². The molecule has 1 aliphatic heterocycles. The van der Waals surface area contributed by atoms with Crippen molar-refractivity contribution in [1.29, 1.82) is 0 Å². The molecule has 0 unspecified atom stereocenters. The number of hydrogen-bond donors (Lipinski definition) is 1. The summed E-state index contributed by atoms with van der Waals surface area (Å²) in [7, 11) is 0. The second-order valence-corrected chi connectivity index (χ2v) is 6.23. The van der Waals surface area contributed by atoms with Crippen molar-refractivity contribution in [1.82, 2.24) is 0 Å². The number of nitrogens with zero attached hydrogens (tertiary/aromatic N) is 1. The molecule has 3 aromatic rings. The summed E-state index contributed by atoms with van der Waals surface area (Å²) >= 11 is 0. The van der Waals surface area contributed by atoms with E-state index in [0.717, 1.165) is 0 Å². The molecule has 0 aliphatic carbocycles. The maximum atomic E-state index is 12.7. The molecule has 3 heterocycles. The van der Waals surface area contributed by atoms with Gasteiger partial charge >= 0.3 is 11.6 Å². The van der Waals surface area contributed by atoms with Crippen molar-refractivity contribution in [2.24, 2.45) is 0 Å². The lowest BCUT2D eigenvalue weighted by molar-refractivity contribution is -0.137. The molecular weight excluding hydrogens is 338 g/mol. The summed E-state index contributed by atoms with van der Waals surface area (Å²) in [5, 5.41) is 9.98. The van der Waals surface area contributed by atoms with Crippen molar-refractivity contribution in [2.75, 3.05) is 4.90 Å². The smallest absolute Gasteiger partial charge is 0.336 e. The second kappa shape index (κ2) is 6.18. The number of hydrogen-bond acceptors (Lipinski definition) is 5. The molecule has 0 radical (unpaired) electrons. The number of furan rings is 1. The average molecular weight is 353 g/mol. The van der Waals surface area contributed by atoms with E-state index >= 15 is 0 Å². The van der Waals surface area contributed by atoms with E-state index in [0.29, 0.717) is 22.4 Å². The third-order valence-electron chi connectivity index (χ3n) is 4.63. The fraction of sp³-hybridized carbons (Fsp3) is 0.211. The molecule has 7 nitrogen and oxygen atoms in total. The quantitative estimate of drug-likeness (QED) is 0.724. The van der Waals surface area contributed by atoms with Gasteiger partial charge in [0.05, 0.1) is 18.7 Å². The first-order valence-corrected chi connectivity index (χ1v) is 8.14. The molecule has 4 rings (SSSR count). The molecule has 132 valence electrons. The van der Waals surface area contributed by atoms with Crippen LogP contribution in [0.5, 0.6) is 0 Å². The molecule has 0 spiro atoms. The SMILES string of the molecule is O=C(O)C[C@H]1[C@H](c2ccco2)CC(=O)N1c1ccc2oc(=O)ccc2c1. The number of carbonyl (C=O) groups is 2. The summed E-state index contributed by atoms with van der Waals surface area (Å²) in [6.07, 6.45) is 1.49. The zero-order chi connectivity index (χ0) is 18.3. The number of carboxylic acids is 1. The molecule has 1 aliphatic rings. The number of carbonyl (C=O) groups excluding carboxylic acids is 1. The highest BCUT2D eigenvalue weighted by Crippen LogP contribution is 2.39. The number of fused-ring (bicyclic) bond motifs is 1. The Morgan fingerprint density at radius 2 is 2.04 bits per heavy atom. The minimum Gasteiger partial charge on any atom is -0.481 e. The predicted octanol–water partition coefficient (Wildman–Crippen LogP) is 2.75. The van der Waals surface area contributed by atoms with E-state index in [1.54, 1.807) is 36.4 Å². The molecule has 2 aromatic heterocycles. The first-order chi connectivity index (χ1) is 12.5. The third-order valence-corrected chi connectivity index (χ3v) is 4.63. The topological polar surface area (TPSA) is 101 Å². The highest BCUT2D eigenvalue weighted by atomic mass is 16.4. The van der Waals surface area contributed by atoms with Crippen molar-refractivity contribution < 1.29 is 23.5 Å². The van der Waals surface area contributed by atoms with Gasteiger partial charge < -0.3 is 18.8 Å². The zero-order valence-corrected chi connectivity index (χ0v) is 13.6. The lowest BCUT2D eigenvalue weighted by Gasteiger charge is -2.26. The van der Waals surface area contributed by atoms with E-state index in [1.807, 2.05) is 0 Å². The van der Waals surface area contributed by atoms with Crippen LogP contribution in [0.2, 0.25) is 0 Å². The first-order valence-electron chi connectivity index (χ1n) is 8.14. The minimum absolute atomic E-state index is 0.172. The lowest BCUT2D eigenvalue weighted by Crippen LogP contribution is -2.36. The van der Waals surface area contributed by atoms with Gasteiger partial charge in [-0.2, -0.15) is 0 Å². The van der Waals surface area contributed by atoms with Crippen molar-refractivity contribution in [3.05, 3.63) is 64.9 Å². The van der Waals surface area contributed by atoms with E-state index in [2.05, 4.69) is 0 Å². The number of anilines is 1. The molecule has 26 heavy (non-hydrogen) atoms. The van der Waals surface area contributed by atoms with Crippen LogP contribution in [-0.2, 0) is 9.59 Å². The van der Waals surface area contributed by atoms with Crippen LogP contribution in [0.3, 0.4) is 0 Å². The van der Waals surface area contributed by atoms with E-state index in [1.165, 1.54) is 17.2 Å². The molecule has 0 bridgehead atoms. The number of rotatable bonds is 4. The maximum Gasteiger partial charge on any atom is 0.336 e. The summed E-state index contributed by atoms with van der Waals surface area (Å²) in [4.78, 5) is 36.9. The molecule has 1 amide bonds. The van der Waals surface area contributed by atoms with Crippen LogP contribution in [0.1, 0.15) is 24.5 Å². The number of benzene rings is 1. The Bertz CT molecular complexity index is 1040. The second-order valence-electron chi connectivity index (χ2n) is 6.23. The van der Waals surface area contributed by atoms with Gasteiger partial charge in [-0.1, -0.05) is 0 Å². The Balaban J connectivity index is 1.77. The van der Waals surface area contributed by atoms with E-state index in [-0.39, 0.29) is 24.7 Å². The van der Waals surface area contributed by atoms with Crippen LogP contribution >= 0.6 is 0 Å². The highest BCUT2D eigenvalue weighted by Gasteiger charge is 2.43. The molecule has 1 N–H and O–H groups in total. The maximum absolute atomic E-state index is 12.7. The van der Waals surface area contributed by atoms with Gasteiger partial charge in [0.1, 0.15) is 11.3 Å². The van der Waals surface area contributed by atoms with Gasteiger partial charge in [0.25, 0.3) is 0 Å². The van der Waals surface area contributed by atoms with E-state index < -0.39 is 17.6 Å². The van der Waals surface area contributed by atoms with Crippen LogP contribution < -0.4 is 10.5 Å². The lowest BCUT2D eigenvalue weighted by atomic mass is 9.94. The zero-order valence-electron chi connectivity index (χ0n) is 13.6. The van der Waals surface area contributed by atoms with Gasteiger partial charge in [0.2, 0.25) is 5.91 Å². The Kier molecular flexibility index (Phi) is 3.84. The van der Waals surface area contributed by atoms with Crippen LogP contribution in [-0.4, -0.2) is 23.0 Å². The highest BCUT2D eigenvalue weighted by molar-refractivity contribution is 5.99. The Labute approximate surface area is 147 Å². The molecular formula is C19H15NO6. The van der Waals surface area contributed by atoms with Crippen molar-refractivity contribution >= 4 is 28.5 Å². The van der Waals surface area contributed by atoms with Crippen LogP contribution in [0.15, 0.2) is 62.4 Å². The molecule has 0 saturated carbocycles. The van der Waals surface area contributed by atoms with E-state index in [4.69, 9.17) is 8.83 Å². The van der Waals surface area contributed by atoms with Crippen molar-refractivity contribution in [2.45, 2.75) is 24.8 Å². The number of carboxylic acid groups (broad SMARTS) is 1. The third kappa shape index (κ3) is 2.77. The van der Waals surface area contributed by atoms with Crippen LogP contribution in [0, 0.1) is 0 Å². The fourth-order valence-electron chi connectivity index (χ4n) is 3.54. The van der Waals surface area contributed by atoms with Crippen molar-refractivity contribution in [3.8, 4) is 0 Å². The fourth-order valence-corrected chi connectivity index (χ4v) is 3.54. The summed E-state index contributed by atoms with van der Waals surface area (Å²) in [6.45, 7) is 0. The number of aliphatic carboxylic acids is 1. The Hall–Kier alpha value is -3.35. The Morgan fingerprint density at radius 3 is 2.77 bits per heavy atom. The van der Waals surface area contributed by atoms with Gasteiger partial charge in [-0.3, -0.25) is 9.59 Å². The summed E-state index contributed by atoms with van der Waals surface area (Å²) < 4.78 is 10.5. The molecule has 2 atom stereocenters. The largest absolute Gasteiger partial charge is 0.481 e. The standard InChI is InChI=1S/C19H15NO6/c21-17-9-13(16-2-1-7-25-16)14(10-18(22)23)20(17)12-4-5-15-11(8-12)3-6-19(24)26-15/h1-8,13-14H,9-10H2,(H,22,23)/t13-,14+/m1/s1. The van der Waals surface area contributed by atoms with Crippen LogP contribution in [0.25, 0.3) is 11.0 Å². The molecule has 7 heteroatoms. The minimum atomic E-state index is -0.988. The van der Waals surface area contributed by atoms with Crippen molar-refractivity contribution in [3.63, 3.8) is 0 Å². The molecule has 1 saturated heterocycles. The average Bonchev–Trinajstić information content (AvgIpc) is 3.22. The number of amides is 1. The Morgan fingerprint density at radius 1 is 1.19 bits per heavy atom. The molecule has 1 aromatic carbocycles. The van der Waals surface area contributed by atoms with E-state index in [9.17, 15) is 19.5 Å². The monoisotopic (exact) mass is 353 g/mol. The van der Waals surface area contributed by atoms with Gasteiger partial charge in [-0.05, 0) is 36.4 Å². The van der Waals surface area contributed by atoms with Gasteiger partial charge in [0.15, 0.2) is 0 Å². The van der Waals surface area contributed by atoms with Gasteiger partial charge in [0, 0.05) is 29.5 Å². The summed E-state index contributed by atoms with van der Waals surface area (Å²) in [6, 6.07) is 10.8. The summed E-state index contributed by atoms with van der Waals surface area (Å²) in [5.41, 5.74) is 0.519. The molecule has 1 fully saturated rings. The predicted molar refractivity (Wildman–Crippen MR) is 92.1 cm³/mol. The van der Waals surface area contributed by atoms with Crippen LogP contribution in [0.4, 0.5) is 5.69 Å². The first kappa shape index (κ1) is 16.1. The van der Waals surface area contributed by atoms with Gasteiger partial charge in [-0.15, -0.1) is 0 Å². The normalized spacial score (nSPS) is 20.0.